The summed E-state index contributed by atoms with van der Waals surface area (Å²) in [6.45, 7) is 9.76. The summed E-state index contributed by atoms with van der Waals surface area (Å²) in [7, 11) is 0. The molecular formula is C21H26ClN3O2. The van der Waals surface area contributed by atoms with E-state index < -0.39 is 0 Å². The third-order valence-electron chi connectivity index (χ3n) is 4.46. The quantitative estimate of drug-likeness (QED) is 0.648. The van der Waals surface area contributed by atoms with E-state index in [1.807, 2.05) is 37.3 Å². The number of aromatic nitrogens is 2. The Kier molecular flexibility index (Phi) is 7.39. The summed E-state index contributed by atoms with van der Waals surface area (Å²) in [6, 6.07) is 13.2. The second-order valence-corrected chi connectivity index (χ2v) is 6.29. The Morgan fingerprint density at radius 1 is 0.963 bits per heavy atom. The zero-order chi connectivity index (χ0) is 18.5. The zero-order valence-electron chi connectivity index (χ0n) is 16.0. The summed E-state index contributed by atoms with van der Waals surface area (Å²) in [6.07, 6.45) is 0. The number of hydrogen-bond donors (Lipinski definition) is 1. The van der Waals surface area contributed by atoms with Crippen LogP contribution in [-0.4, -0.2) is 46.2 Å². The molecule has 144 valence electrons. The third kappa shape index (κ3) is 5.31. The molecule has 3 rings (SSSR count). The Hall–Kier alpha value is -2.37. The fraction of sp³-hybridized carbons (Fsp3) is 0.333. The van der Waals surface area contributed by atoms with Crippen molar-refractivity contribution in [1.82, 2.24) is 14.9 Å². The molecule has 0 amide bonds. The molecule has 0 fully saturated rings. The normalized spacial score (nSPS) is 10.8. The predicted octanol–water partition coefficient (Wildman–Crippen LogP) is 4.45. The van der Waals surface area contributed by atoms with Gasteiger partial charge in [-0.1, -0.05) is 32.0 Å². The highest BCUT2D eigenvalue weighted by molar-refractivity contribution is 5.87. The smallest absolute Gasteiger partial charge is 0.217 e. The Balaban J connectivity index is 0.00000261. The molecule has 1 aromatic heterocycles. The highest BCUT2D eigenvalue weighted by Gasteiger charge is 2.08. The van der Waals surface area contributed by atoms with E-state index in [1.54, 1.807) is 12.1 Å². The van der Waals surface area contributed by atoms with Crippen molar-refractivity contribution < 1.29 is 9.84 Å². The van der Waals surface area contributed by atoms with Gasteiger partial charge < -0.3 is 14.7 Å². The molecule has 2 aromatic carbocycles. The van der Waals surface area contributed by atoms with Crippen LogP contribution < -0.4 is 4.74 Å². The maximum Gasteiger partial charge on any atom is 0.217 e. The fourth-order valence-electron chi connectivity index (χ4n) is 2.93. The van der Waals surface area contributed by atoms with Crippen molar-refractivity contribution in [3.05, 3.63) is 48.2 Å². The molecule has 5 nitrogen and oxygen atoms in total. The standard InChI is InChI=1S/C21H25N3O2.ClH/c1-4-24(5-2)10-11-26-20-12-15(3)22-21(23-20)18-7-6-17-14-19(25)9-8-16(17)13-18;/h6-9,12-14,25H,4-5,10-11H2,1-3H3;1H. The highest BCUT2D eigenvalue weighted by Crippen LogP contribution is 2.26. The van der Waals surface area contributed by atoms with Gasteiger partial charge in [0, 0.05) is 23.9 Å². The van der Waals surface area contributed by atoms with Gasteiger partial charge in [0.15, 0.2) is 5.82 Å². The third-order valence-corrected chi connectivity index (χ3v) is 4.46. The summed E-state index contributed by atoms with van der Waals surface area (Å²) in [5, 5.41) is 11.6. The summed E-state index contributed by atoms with van der Waals surface area (Å²) < 4.78 is 5.86. The van der Waals surface area contributed by atoms with Gasteiger partial charge in [0.25, 0.3) is 0 Å². The number of rotatable bonds is 7. The monoisotopic (exact) mass is 387 g/mol. The molecule has 0 saturated carbocycles. The second-order valence-electron chi connectivity index (χ2n) is 6.29. The topological polar surface area (TPSA) is 58.5 Å². The predicted molar refractivity (Wildman–Crippen MR) is 112 cm³/mol. The molecular weight excluding hydrogens is 362 g/mol. The Morgan fingerprint density at radius 3 is 2.41 bits per heavy atom. The van der Waals surface area contributed by atoms with Crippen molar-refractivity contribution in [2.75, 3.05) is 26.2 Å². The largest absolute Gasteiger partial charge is 0.508 e. The van der Waals surface area contributed by atoms with E-state index in [1.165, 1.54) is 0 Å². The first kappa shape index (κ1) is 20.9. The van der Waals surface area contributed by atoms with E-state index in [9.17, 15) is 5.11 Å². The molecule has 0 bridgehead atoms. The molecule has 0 atom stereocenters. The van der Waals surface area contributed by atoms with E-state index in [0.717, 1.165) is 41.7 Å². The lowest BCUT2D eigenvalue weighted by Crippen LogP contribution is -2.28. The van der Waals surface area contributed by atoms with Crippen LogP contribution in [-0.2, 0) is 0 Å². The van der Waals surface area contributed by atoms with E-state index in [0.29, 0.717) is 18.3 Å². The first-order valence-corrected chi connectivity index (χ1v) is 9.03. The van der Waals surface area contributed by atoms with E-state index in [-0.39, 0.29) is 18.2 Å². The number of nitrogens with zero attached hydrogens (tertiary/aromatic N) is 3. The summed E-state index contributed by atoms with van der Waals surface area (Å²) in [5.41, 5.74) is 1.80. The Bertz CT molecular complexity index is 898. The maximum atomic E-state index is 9.60. The van der Waals surface area contributed by atoms with Gasteiger partial charge in [-0.15, -0.1) is 12.4 Å². The van der Waals surface area contributed by atoms with E-state index in [4.69, 9.17) is 4.74 Å². The van der Waals surface area contributed by atoms with Crippen LogP contribution in [0.5, 0.6) is 11.6 Å². The number of likely N-dealkylation sites (N-methyl/N-ethyl adjacent to an activating group) is 1. The second kappa shape index (κ2) is 9.53. The molecule has 27 heavy (non-hydrogen) atoms. The minimum atomic E-state index is 0. The lowest BCUT2D eigenvalue weighted by atomic mass is 10.1. The van der Waals surface area contributed by atoms with Crippen LogP contribution in [0.3, 0.4) is 0 Å². The van der Waals surface area contributed by atoms with Crippen molar-refractivity contribution in [2.24, 2.45) is 0 Å². The Morgan fingerprint density at radius 2 is 1.67 bits per heavy atom. The van der Waals surface area contributed by atoms with Gasteiger partial charge in [-0.05, 0) is 49.0 Å². The maximum absolute atomic E-state index is 9.60. The molecule has 0 saturated heterocycles. The minimum absolute atomic E-state index is 0. The number of phenolic OH excluding ortho intramolecular Hbond substituents is 1. The first-order chi connectivity index (χ1) is 12.6. The van der Waals surface area contributed by atoms with E-state index >= 15 is 0 Å². The lowest BCUT2D eigenvalue weighted by Gasteiger charge is -2.17. The number of fused-ring (bicyclic) bond motifs is 1. The fourth-order valence-corrected chi connectivity index (χ4v) is 2.93. The van der Waals surface area contributed by atoms with Gasteiger partial charge in [-0.25, -0.2) is 4.98 Å². The van der Waals surface area contributed by atoms with Gasteiger partial charge in [0.05, 0.1) is 0 Å². The van der Waals surface area contributed by atoms with Crippen LogP contribution in [0.1, 0.15) is 19.5 Å². The number of phenols is 1. The average molecular weight is 388 g/mol. The number of ether oxygens (including phenoxy) is 1. The van der Waals surface area contributed by atoms with E-state index in [2.05, 4.69) is 28.7 Å². The molecule has 0 radical (unpaired) electrons. The van der Waals surface area contributed by atoms with Gasteiger partial charge in [0.1, 0.15) is 12.4 Å². The SMILES string of the molecule is CCN(CC)CCOc1cc(C)nc(-c2ccc3cc(O)ccc3c2)n1.Cl. The van der Waals surface area contributed by atoms with Crippen LogP contribution in [0.4, 0.5) is 0 Å². The van der Waals surface area contributed by atoms with Crippen LogP contribution in [0.2, 0.25) is 0 Å². The molecule has 0 aliphatic carbocycles. The molecule has 6 heteroatoms. The van der Waals surface area contributed by atoms with Crippen LogP contribution in [0, 0.1) is 6.92 Å². The van der Waals surface area contributed by atoms with Crippen molar-refractivity contribution in [3.63, 3.8) is 0 Å². The van der Waals surface area contributed by atoms with Crippen molar-refractivity contribution in [3.8, 4) is 23.0 Å². The molecule has 0 unspecified atom stereocenters. The number of benzene rings is 2. The van der Waals surface area contributed by atoms with Crippen LogP contribution in [0.25, 0.3) is 22.2 Å². The number of halogens is 1. The number of aryl methyl sites for hydroxylation is 1. The Labute approximate surface area is 166 Å². The number of hydrogen-bond acceptors (Lipinski definition) is 5. The van der Waals surface area contributed by atoms with Crippen molar-refractivity contribution in [1.29, 1.82) is 0 Å². The van der Waals surface area contributed by atoms with Gasteiger partial charge in [-0.2, -0.15) is 4.98 Å². The number of aromatic hydroxyl groups is 1. The molecule has 0 aliphatic rings. The lowest BCUT2D eigenvalue weighted by molar-refractivity contribution is 0.218. The summed E-state index contributed by atoms with van der Waals surface area (Å²) in [4.78, 5) is 11.4. The van der Waals surface area contributed by atoms with Crippen LogP contribution in [0.15, 0.2) is 42.5 Å². The minimum Gasteiger partial charge on any atom is -0.508 e. The first-order valence-electron chi connectivity index (χ1n) is 9.03. The molecule has 1 N–H and O–H groups in total. The summed E-state index contributed by atoms with van der Waals surface area (Å²) >= 11 is 0. The van der Waals surface area contributed by atoms with Crippen molar-refractivity contribution >= 4 is 23.2 Å². The molecule has 0 spiro atoms. The van der Waals surface area contributed by atoms with Gasteiger partial charge in [0.2, 0.25) is 5.88 Å². The van der Waals surface area contributed by atoms with Gasteiger partial charge in [-0.3, -0.25) is 0 Å². The molecule has 0 aliphatic heterocycles. The van der Waals surface area contributed by atoms with Gasteiger partial charge >= 0.3 is 0 Å². The molecule has 3 aromatic rings. The summed E-state index contributed by atoms with van der Waals surface area (Å²) in [5.74, 6) is 1.52. The van der Waals surface area contributed by atoms with Crippen molar-refractivity contribution in [2.45, 2.75) is 20.8 Å². The molecule has 1 heterocycles. The average Bonchev–Trinajstić information content (AvgIpc) is 2.64. The van der Waals surface area contributed by atoms with Crippen LogP contribution >= 0.6 is 12.4 Å². The highest BCUT2D eigenvalue weighted by atomic mass is 35.5. The zero-order valence-corrected chi connectivity index (χ0v) is 16.8.